The predicted octanol–water partition coefficient (Wildman–Crippen LogP) is 2.20. The molecule has 1 amide bonds. The lowest BCUT2D eigenvalue weighted by molar-refractivity contribution is -0.118. The van der Waals surface area contributed by atoms with Crippen molar-refractivity contribution in [2.24, 2.45) is 5.73 Å². The number of nitrogens with two attached hydrogens (primary N) is 1. The van der Waals surface area contributed by atoms with E-state index in [-0.39, 0.29) is 5.91 Å². The minimum atomic E-state index is 0.0206. The first-order valence-electron chi connectivity index (χ1n) is 6.69. The van der Waals surface area contributed by atoms with Crippen LogP contribution < -0.4 is 11.1 Å². The zero-order chi connectivity index (χ0) is 13.7. The molecule has 1 aromatic carbocycles. The van der Waals surface area contributed by atoms with E-state index in [1.54, 1.807) is 0 Å². The van der Waals surface area contributed by atoms with E-state index < -0.39 is 0 Å². The summed E-state index contributed by atoms with van der Waals surface area (Å²) in [7, 11) is 0. The van der Waals surface area contributed by atoms with Crippen LogP contribution in [0.5, 0.6) is 0 Å². The zero-order valence-corrected chi connectivity index (χ0v) is 12.5. The fraction of sp³-hybridized carbons (Fsp3) is 0.500. The lowest BCUT2D eigenvalue weighted by Gasteiger charge is -2.34. The lowest BCUT2D eigenvalue weighted by Crippen LogP contribution is -2.47. The first-order chi connectivity index (χ1) is 9.20. The van der Waals surface area contributed by atoms with E-state index >= 15 is 0 Å². The van der Waals surface area contributed by atoms with Crippen LogP contribution in [0, 0.1) is 0 Å². The molecule has 1 atom stereocenters. The van der Waals surface area contributed by atoms with Crippen LogP contribution in [0.1, 0.15) is 19.3 Å². The first kappa shape index (κ1) is 14.5. The Hall–Kier alpha value is -0.910. The van der Waals surface area contributed by atoms with Crippen molar-refractivity contribution in [2.75, 3.05) is 25.0 Å². The molecule has 1 saturated heterocycles. The molecule has 1 aromatic rings. The molecule has 2 rings (SSSR count). The predicted molar refractivity (Wildman–Crippen MR) is 81.0 cm³/mol. The Morgan fingerprint density at radius 1 is 1.42 bits per heavy atom. The van der Waals surface area contributed by atoms with Crippen molar-refractivity contribution in [2.45, 2.75) is 25.3 Å². The molecule has 0 radical (unpaired) electrons. The molecule has 0 spiro atoms. The second-order valence-electron chi connectivity index (χ2n) is 4.88. The van der Waals surface area contributed by atoms with Crippen LogP contribution in [0.3, 0.4) is 0 Å². The highest BCUT2D eigenvalue weighted by Crippen LogP contribution is 2.21. The summed E-state index contributed by atoms with van der Waals surface area (Å²) in [4.78, 5) is 14.3. The van der Waals surface area contributed by atoms with Gasteiger partial charge in [-0.15, -0.1) is 0 Å². The van der Waals surface area contributed by atoms with Gasteiger partial charge in [0.15, 0.2) is 0 Å². The number of halogens is 1. The number of anilines is 1. The third-order valence-electron chi connectivity index (χ3n) is 3.52. The van der Waals surface area contributed by atoms with Crippen LogP contribution in [0.15, 0.2) is 28.7 Å². The van der Waals surface area contributed by atoms with Crippen molar-refractivity contribution in [1.29, 1.82) is 0 Å². The average molecular weight is 326 g/mol. The Balaban J connectivity index is 1.92. The van der Waals surface area contributed by atoms with Crippen LogP contribution in [0.25, 0.3) is 0 Å². The van der Waals surface area contributed by atoms with Gasteiger partial charge < -0.3 is 11.1 Å². The van der Waals surface area contributed by atoms with Gasteiger partial charge in [-0.25, -0.2) is 0 Å². The number of hydrogen-bond acceptors (Lipinski definition) is 3. The SMILES string of the molecule is NCC1CCCCN1CC(=O)Nc1ccccc1Br. The maximum atomic E-state index is 12.1. The molecule has 0 aromatic heterocycles. The standard InChI is InChI=1S/C14H20BrN3O/c15-12-6-1-2-7-13(12)17-14(19)10-18-8-4-3-5-11(18)9-16/h1-2,6-7,11H,3-5,8-10,16H2,(H,17,19). The van der Waals surface area contributed by atoms with E-state index in [4.69, 9.17) is 5.73 Å². The molecule has 0 aliphatic carbocycles. The zero-order valence-electron chi connectivity index (χ0n) is 10.9. The Kier molecular flexibility index (Phi) is 5.36. The minimum absolute atomic E-state index is 0.0206. The van der Waals surface area contributed by atoms with Gasteiger partial charge in [0.2, 0.25) is 5.91 Å². The Bertz CT molecular complexity index is 438. The van der Waals surface area contributed by atoms with E-state index in [9.17, 15) is 4.79 Å². The molecular weight excluding hydrogens is 306 g/mol. The number of para-hydroxylation sites is 1. The number of hydrogen-bond donors (Lipinski definition) is 2. The van der Waals surface area contributed by atoms with Crippen LogP contribution in [-0.4, -0.2) is 36.5 Å². The van der Waals surface area contributed by atoms with Crippen molar-refractivity contribution in [3.8, 4) is 0 Å². The topological polar surface area (TPSA) is 58.4 Å². The maximum absolute atomic E-state index is 12.1. The molecule has 1 aliphatic rings. The summed E-state index contributed by atoms with van der Waals surface area (Å²) in [5.74, 6) is 0.0206. The number of carbonyl (C=O) groups is 1. The summed E-state index contributed by atoms with van der Waals surface area (Å²) in [5, 5.41) is 2.93. The van der Waals surface area contributed by atoms with Gasteiger partial charge in [-0.1, -0.05) is 18.6 Å². The van der Waals surface area contributed by atoms with Gasteiger partial charge in [-0.3, -0.25) is 9.69 Å². The van der Waals surface area contributed by atoms with Gasteiger partial charge in [-0.05, 0) is 47.4 Å². The van der Waals surface area contributed by atoms with Crippen molar-refractivity contribution in [3.63, 3.8) is 0 Å². The molecule has 1 aliphatic heterocycles. The van der Waals surface area contributed by atoms with Gasteiger partial charge in [0.05, 0.1) is 12.2 Å². The van der Waals surface area contributed by atoms with Crippen LogP contribution in [-0.2, 0) is 4.79 Å². The summed E-state index contributed by atoms with van der Waals surface area (Å²) in [6.45, 7) is 2.01. The fourth-order valence-electron chi connectivity index (χ4n) is 2.47. The van der Waals surface area contributed by atoms with Gasteiger partial charge >= 0.3 is 0 Å². The van der Waals surface area contributed by atoms with Crippen molar-refractivity contribution in [1.82, 2.24) is 4.90 Å². The quantitative estimate of drug-likeness (QED) is 0.892. The molecule has 1 unspecified atom stereocenters. The molecule has 1 fully saturated rings. The highest BCUT2D eigenvalue weighted by Gasteiger charge is 2.23. The number of amides is 1. The molecule has 1 heterocycles. The maximum Gasteiger partial charge on any atom is 0.238 e. The summed E-state index contributed by atoms with van der Waals surface area (Å²) in [6.07, 6.45) is 3.46. The van der Waals surface area contributed by atoms with Crippen LogP contribution in [0.4, 0.5) is 5.69 Å². The molecule has 4 nitrogen and oxygen atoms in total. The summed E-state index contributed by atoms with van der Waals surface area (Å²) in [5.41, 5.74) is 6.58. The normalized spacial score (nSPS) is 20.2. The molecule has 0 saturated carbocycles. The van der Waals surface area contributed by atoms with E-state index in [1.165, 1.54) is 6.42 Å². The Morgan fingerprint density at radius 2 is 2.21 bits per heavy atom. The number of likely N-dealkylation sites (tertiary alicyclic amines) is 1. The third kappa shape index (κ3) is 4.03. The van der Waals surface area contributed by atoms with Crippen molar-refractivity contribution >= 4 is 27.5 Å². The monoisotopic (exact) mass is 325 g/mol. The van der Waals surface area contributed by atoms with Crippen molar-refractivity contribution < 1.29 is 4.79 Å². The lowest BCUT2D eigenvalue weighted by atomic mass is 10.0. The smallest absolute Gasteiger partial charge is 0.238 e. The Labute approximate surface area is 122 Å². The number of rotatable bonds is 4. The van der Waals surface area contributed by atoms with Gasteiger partial charge in [0.1, 0.15) is 0 Å². The highest BCUT2D eigenvalue weighted by atomic mass is 79.9. The summed E-state index contributed by atoms with van der Waals surface area (Å²) < 4.78 is 0.900. The molecule has 5 heteroatoms. The Morgan fingerprint density at radius 3 is 2.95 bits per heavy atom. The van der Waals surface area contributed by atoms with E-state index in [1.807, 2.05) is 24.3 Å². The summed E-state index contributed by atoms with van der Waals surface area (Å²) in [6, 6.07) is 7.98. The third-order valence-corrected chi connectivity index (χ3v) is 4.21. The van der Waals surface area contributed by atoms with Gasteiger partial charge in [-0.2, -0.15) is 0 Å². The number of benzene rings is 1. The van der Waals surface area contributed by atoms with Gasteiger partial charge in [0.25, 0.3) is 0 Å². The average Bonchev–Trinajstić information content (AvgIpc) is 2.42. The minimum Gasteiger partial charge on any atom is -0.329 e. The highest BCUT2D eigenvalue weighted by molar-refractivity contribution is 9.10. The van der Waals surface area contributed by atoms with Gasteiger partial charge in [0, 0.05) is 17.1 Å². The van der Waals surface area contributed by atoms with Crippen molar-refractivity contribution in [3.05, 3.63) is 28.7 Å². The molecular formula is C14H20BrN3O. The van der Waals surface area contributed by atoms with E-state index in [0.717, 1.165) is 29.5 Å². The van der Waals surface area contributed by atoms with E-state index in [0.29, 0.717) is 19.1 Å². The van der Waals surface area contributed by atoms with Crippen LogP contribution >= 0.6 is 15.9 Å². The molecule has 19 heavy (non-hydrogen) atoms. The first-order valence-corrected chi connectivity index (χ1v) is 7.48. The number of nitrogens with zero attached hydrogens (tertiary/aromatic N) is 1. The number of piperidine rings is 1. The van der Waals surface area contributed by atoms with E-state index in [2.05, 4.69) is 26.1 Å². The molecule has 104 valence electrons. The second-order valence-corrected chi connectivity index (χ2v) is 5.74. The van der Waals surface area contributed by atoms with Crippen LogP contribution in [0.2, 0.25) is 0 Å². The number of carbonyl (C=O) groups excluding carboxylic acids is 1. The summed E-state index contributed by atoms with van der Waals surface area (Å²) >= 11 is 3.43. The molecule has 0 bridgehead atoms. The fourth-order valence-corrected chi connectivity index (χ4v) is 2.86. The number of nitrogens with one attached hydrogen (secondary N) is 1. The largest absolute Gasteiger partial charge is 0.329 e. The molecule has 3 N–H and O–H groups in total. The second kappa shape index (κ2) is 7.03.